The van der Waals surface area contributed by atoms with E-state index < -0.39 is 0 Å². The largest absolute Gasteiger partial charge is 0.318 e. The summed E-state index contributed by atoms with van der Waals surface area (Å²) in [5, 5.41) is 7.87. The third-order valence-corrected chi connectivity index (χ3v) is 4.34. The lowest BCUT2D eigenvalue weighted by atomic mass is 10.0. The first-order chi connectivity index (χ1) is 8.56. The first kappa shape index (κ1) is 13.6. The van der Waals surface area contributed by atoms with Crippen LogP contribution in [0.2, 0.25) is 0 Å². The van der Waals surface area contributed by atoms with E-state index in [2.05, 4.69) is 36.1 Å². The Kier molecular flexibility index (Phi) is 4.07. The maximum atomic E-state index is 4.55. The Hall–Kier alpha value is -0.870. The van der Waals surface area contributed by atoms with Crippen LogP contribution in [0, 0.1) is 13.8 Å². The molecule has 2 unspecified atom stereocenters. The number of nitrogens with zero attached hydrogens (tertiary/aromatic N) is 3. The highest BCUT2D eigenvalue weighted by atomic mass is 15.3. The molecule has 1 saturated heterocycles. The number of hydrogen-bond acceptors (Lipinski definition) is 3. The van der Waals surface area contributed by atoms with E-state index in [1.165, 1.54) is 36.3 Å². The van der Waals surface area contributed by atoms with Crippen LogP contribution in [0.5, 0.6) is 0 Å². The molecule has 102 valence electrons. The average Bonchev–Trinajstić information content (AvgIpc) is 2.86. The van der Waals surface area contributed by atoms with Crippen molar-refractivity contribution in [1.29, 1.82) is 0 Å². The average molecular weight is 250 g/mol. The minimum absolute atomic E-state index is 0.472. The molecule has 0 radical (unpaired) electrons. The number of nitrogens with one attached hydrogen (secondary N) is 1. The van der Waals surface area contributed by atoms with Gasteiger partial charge >= 0.3 is 0 Å². The van der Waals surface area contributed by atoms with Crippen LogP contribution in [-0.2, 0) is 7.05 Å². The third kappa shape index (κ3) is 2.31. The summed E-state index contributed by atoms with van der Waals surface area (Å²) in [7, 11) is 4.08. The molecule has 1 fully saturated rings. The second-order valence-corrected chi connectivity index (χ2v) is 5.48. The number of rotatable bonds is 4. The van der Waals surface area contributed by atoms with Crippen molar-refractivity contribution in [3.63, 3.8) is 0 Å². The summed E-state index contributed by atoms with van der Waals surface area (Å²) in [6.45, 7) is 8.92. The van der Waals surface area contributed by atoms with Crippen LogP contribution in [0.25, 0.3) is 0 Å². The second-order valence-electron chi connectivity index (χ2n) is 5.48. The molecule has 0 amide bonds. The minimum Gasteiger partial charge on any atom is -0.318 e. The quantitative estimate of drug-likeness (QED) is 0.884. The van der Waals surface area contributed by atoms with Gasteiger partial charge in [0.1, 0.15) is 0 Å². The monoisotopic (exact) mass is 250 g/mol. The van der Waals surface area contributed by atoms with Gasteiger partial charge in [-0.3, -0.25) is 9.58 Å². The molecule has 2 rings (SSSR count). The number of likely N-dealkylation sites (tertiary alicyclic amines) is 1. The van der Waals surface area contributed by atoms with Gasteiger partial charge in [-0.2, -0.15) is 5.10 Å². The first-order valence-corrected chi connectivity index (χ1v) is 6.96. The summed E-state index contributed by atoms with van der Waals surface area (Å²) in [5.74, 6) is 0. The van der Waals surface area contributed by atoms with Gasteiger partial charge in [0.25, 0.3) is 0 Å². The fraction of sp³-hybridized carbons (Fsp3) is 0.786. The number of aryl methyl sites for hydroxylation is 2. The van der Waals surface area contributed by atoms with Crippen LogP contribution in [0.15, 0.2) is 0 Å². The van der Waals surface area contributed by atoms with Gasteiger partial charge in [-0.15, -0.1) is 0 Å². The highest BCUT2D eigenvalue weighted by Gasteiger charge is 2.31. The minimum atomic E-state index is 0.472. The van der Waals surface area contributed by atoms with Crippen LogP contribution in [0.1, 0.15) is 42.8 Å². The van der Waals surface area contributed by atoms with Crippen molar-refractivity contribution in [3.8, 4) is 0 Å². The van der Waals surface area contributed by atoms with Crippen molar-refractivity contribution in [3.05, 3.63) is 17.0 Å². The lowest BCUT2D eigenvalue weighted by molar-refractivity contribution is 0.190. The fourth-order valence-electron chi connectivity index (χ4n) is 3.38. The summed E-state index contributed by atoms with van der Waals surface area (Å²) >= 11 is 0. The predicted octanol–water partition coefficient (Wildman–Crippen LogP) is 1.78. The lowest BCUT2D eigenvalue weighted by Crippen LogP contribution is -2.38. The van der Waals surface area contributed by atoms with Gasteiger partial charge in [-0.1, -0.05) is 0 Å². The molecule has 0 aromatic carbocycles. The normalized spacial score (nSPS) is 22.6. The molecule has 0 spiro atoms. The number of likely N-dealkylation sites (N-methyl/N-ethyl adjacent to an activating group) is 1. The Morgan fingerprint density at radius 2 is 2.17 bits per heavy atom. The molecule has 1 aliphatic rings. The number of aromatic nitrogens is 2. The van der Waals surface area contributed by atoms with Crippen LogP contribution >= 0.6 is 0 Å². The summed E-state index contributed by atoms with van der Waals surface area (Å²) in [4.78, 5) is 2.63. The molecule has 1 aromatic heterocycles. The summed E-state index contributed by atoms with van der Waals surface area (Å²) < 4.78 is 2.00. The molecule has 0 saturated carbocycles. The Morgan fingerprint density at radius 1 is 1.44 bits per heavy atom. The molecule has 2 atom stereocenters. The zero-order valence-corrected chi connectivity index (χ0v) is 12.3. The van der Waals surface area contributed by atoms with Crippen LogP contribution < -0.4 is 5.32 Å². The zero-order valence-electron chi connectivity index (χ0n) is 12.3. The van der Waals surface area contributed by atoms with Gasteiger partial charge in [0.05, 0.1) is 5.69 Å². The lowest BCUT2D eigenvalue weighted by Gasteiger charge is -2.31. The second kappa shape index (κ2) is 5.41. The van der Waals surface area contributed by atoms with E-state index >= 15 is 0 Å². The van der Waals surface area contributed by atoms with Gasteiger partial charge in [0.15, 0.2) is 0 Å². The van der Waals surface area contributed by atoms with Gasteiger partial charge in [0.2, 0.25) is 0 Å². The molecule has 1 N–H and O–H groups in total. The first-order valence-electron chi connectivity index (χ1n) is 6.96. The van der Waals surface area contributed by atoms with Crippen molar-refractivity contribution >= 4 is 0 Å². The van der Waals surface area contributed by atoms with E-state index in [9.17, 15) is 0 Å². The standard InChI is InChI=1S/C14H26N4/c1-10-14(11(2)17(5)16-10)12(3)18-8-6-7-13(18)9-15-4/h12-13,15H,6-9H2,1-5H3. The summed E-state index contributed by atoms with van der Waals surface area (Å²) in [6.07, 6.45) is 2.62. The van der Waals surface area contributed by atoms with E-state index in [1.807, 2.05) is 18.8 Å². The SMILES string of the molecule is CNCC1CCCN1C(C)c1c(C)nn(C)c1C. The van der Waals surface area contributed by atoms with Gasteiger partial charge in [0, 0.05) is 36.9 Å². The molecule has 4 heteroatoms. The smallest absolute Gasteiger partial charge is 0.0644 e. The van der Waals surface area contributed by atoms with Crippen molar-refractivity contribution in [2.75, 3.05) is 20.1 Å². The highest BCUT2D eigenvalue weighted by molar-refractivity contribution is 5.28. The molecule has 1 aliphatic heterocycles. The summed E-state index contributed by atoms with van der Waals surface area (Å²) in [5.41, 5.74) is 3.90. The fourth-order valence-corrected chi connectivity index (χ4v) is 3.38. The Balaban J connectivity index is 2.22. The topological polar surface area (TPSA) is 33.1 Å². The Bertz CT molecular complexity index is 410. The summed E-state index contributed by atoms with van der Waals surface area (Å²) in [6, 6.07) is 1.14. The Morgan fingerprint density at radius 3 is 2.72 bits per heavy atom. The van der Waals surface area contributed by atoms with Gasteiger partial charge in [-0.25, -0.2) is 0 Å². The van der Waals surface area contributed by atoms with Gasteiger partial charge in [-0.05, 0) is 47.2 Å². The molecule has 18 heavy (non-hydrogen) atoms. The molecule has 1 aromatic rings. The molecule has 0 aliphatic carbocycles. The van der Waals surface area contributed by atoms with Crippen molar-refractivity contribution < 1.29 is 0 Å². The molecular formula is C14H26N4. The van der Waals surface area contributed by atoms with E-state index in [0.29, 0.717) is 12.1 Å². The molecular weight excluding hydrogens is 224 g/mol. The zero-order chi connectivity index (χ0) is 13.3. The molecule has 2 heterocycles. The third-order valence-electron chi connectivity index (χ3n) is 4.34. The van der Waals surface area contributed by atoms with E-state index in [-0.39, 0.29) is 0 Å². The van der Waals surface area contributed by atoms with Crippen molar-refractivity contribution in [2.45, 2.75) is 45.7 Å². The van der Waals surface area contributed by atoms with E-state index in [1.54, 1.807) is 0 Å². The van der Waals surface area contributed by atoms with E-state index in [4.69, 9.17) is 0 Å². The molecule has 0 bridgehead atoms. The van der Waals surface area contributed by atoms with Gasteiger partial charge < -0.3 is 5.32 Å². The maximum Gasteiger partial charge on any atom is 0.0644 e. The maximum absolute atomic E-state index is 4.55. The van der Waals surface area contributed by atoms with Crippen molar-refractivity contribution in [2.24, 2.45) is 7.05 Å². The van der Waals surface area contributed by atoms with E-state index in [0.717, 1.165) is 6.54 Å². The van der Waals surface area contributed by atoms with Crippen molar-refractivity contribution in [1.82, 2.24) is 20.0 Å². The van der Waals surface area contributed by atoms with Crippen LogP contribution in [-0.4, -0.2) is 40.9 Å². The molecule has 4 nitrogen and oxygen atoms in total. The van der Waals surface area contributed by atoms with Crippen LogP contribution in [0.3, 0.4) is 0 Å². The highest BCUT2D eigenvalue weighted by Crippen LogP contribution is 2.31. The van der Waals surface area contributed by atoms with Crippen LogP contribution in [0.4, 0.5) is 0 Å². The number of hydrogen-bond donors (Lipinski definition) is 1. The Labute approximate surface area is 110 Å². The predicted molar refractivity (Wildman–Crippen MR) is 74.8 cm³/mol.